The van der Waals surface area contributed by atoms with Gasteiger partial charge in [0.2, 0.25) is 6.23 Å². The van der Waals surface area contributed by atoms with Crippen LogP contribution in [0.25, 0.3) is 0 Å². The summed E-state index contributed by atoms with van der Waals surface area (Å²) in [7, 11) is -4.67. The van der Waals surface area contributed by atoms with Gasteiger partial charge in [-0.2, -0.15) is 0 Å². The number of nitrogens with two attached hydrogens (primary N) is 2. The predicted molar refractivity (Wildman–Crippen MR) is 158 cm³/mol. The van der Waals surface area contributed by atoms with E-state index >= 15 is 0 Å². The standard InChI is InChI=1S/C32H35N3O6S.Na/c33-32(34)35-31-22-6-4-20(5-7-22)29-23-15-16-40-30(21-8-10-25(36)11-9-21)24(17-23)18-27(29)28(42(37,38)39)14-3-19-1-12-26(41-31)13-2-19;/h1-2,4-13,18,23,27-31,36H,3,14-17H2,(H4,33,34,35)(H,37,38,39);/q;+1/p-1/t23-,27+,28-,29-,30+,31-;/m1./s1. The second-order valence-electron chi connectivity index (χ2n) is 11.3. The Morgan fingerprint density at radius 3 is 2.21 bits per heavy atom. The molecule has 1 fully saturated rings. The number of allylic oxidation sites excluding steroid dienone is 1. The van der Waals surface area contributed by atoms with Gasteiger partial charge in [-0.3, -0.25) is 0 Å². The number of aliphatic imine (C=N–C) groups is 1. The Labute approximate surface area is 274 Å². The van der Waals surface area contributed by atoms with Crippen molar-refractivity contribution in [2.75, 3.05) is 6.61 Å². The van der Waals surface area contributed by atoms with Gasteiger partial charge in [0.25, 0.3) is 0 Å². The first-order valence-corrected chi connectivity index (χ1v) is 15.6. The number of guanidine groups is 1. The molecule has 9 rings (SSSR count). The topological polar surface area (TPSA) is 160 Å². The Hall–Kier alpha value is -2.86. The maximum atomic E-state index is 13.0. The number of fused-ring (bicyclic) bond motifs is 2. The number of aromatic hydroxyl groups is 1. The van der Waals surface area contributed by atoms with Gasteiger partial charge < -0.3 is 30.6 Å². The molecule has 5 N–H and O–H groups in total. The van der Waals surface area contributed by atoms with Gasteiger partial charge in [-0.1, -0.05) is 54.6 Å². The monoisotopic (exact) mass is 611 g/mol. The second kappa shape index (κ2) is 13.0. The molecule has 0 saturated carbocycles. The van der Waals surface area contributed by atoms with Gasteiger partial charge in [-0.25, -0.2) is 13.4 Å². The maximum absolute atomic E-state index is 13.0. The fourth-order valence-electron chi connectivity index (χ4n) is 6.76. The molecule has 3 aromatic carbocycles. The number of phenolic OH excluding ortho intramolecular Hbond substituents is 1. The summed E-state index contributed by atoms with van der Waals surface area (Å²) < 4.78 is 51.4. The summed E-state index contributed by atoms with van der Waals surface area (Å²) in [6.45, 7) is 0.482. The van der Waals surface area contributed by atoms with Gasteiger partial charge in [0, 0.05) is 12.2 Å². The average Bonchev–Trinajstić information content (AvgIpc) is 3.12. The Bertz CT molecular complexity index is 1590. The Morgan fingerprint density at radius 2 is 1.56 bits per heavy atom. The van der Waals surface area contributed by atoms with Gasteiger partial charge >= 0.3 is 29.6 Å². The van der Waals surface area contributed by atoms with Crippen LogP contribution in [0.15, 0.2) is 89.4 Å². The Kier molecular flexibility index (Phi) is 9.55. The van der Waals surface area contributed by atoms with Crippen LogP contribution in [0.1, 0.15) is 59.8 Å². The van der Waals surface area contributed by atoms with E-state index in [0.717, 1.165) is 27.8 Å². The van der Waals surface area contributed by atoms with E-state index in [1.54, 1.807) is 24.3 Å². The van der Waals surface area contributed by atoms with Crippen LogP contribution in [0.3, 0.4) is 0 Å². The van der Waals surface area contributed by atoms with Crippen molar-refractivity contribution in [2.24, 2.45) is 28.3 Å². The molecule has 0 amide bonds. The quantitative estimate of drug-likeness (QED) is 0.132. The summed E-state index contributed by atoms with van der Waals surface area (Å²) in [6, 6.07) is 21.9. The predicted octanol–water partition coefficient (Wildman–Crippen LogP) is 1.41. The summed E-state index contributed by atoms with van der Waals surface area (Å²) in [5.41, 5.74) is 15.9. The molecule has 9 nitrogen and oxygen atoms in total. The van der Waals surface area contributed by atoms with E-state index in [9.17, 15) is 18.1 Å². The first kappa shape index (κ1) is 31.6. The number of benzene rings is 3. The number of phenols is 1. The summed E-state index contributed by atoms with van der Waals surface area (Å²) in [6.07, 6.45) is 2.86. The van der Waals surface area contributed by atoms with Crippen LogP contribution in [0.5, 0.6) is 11.5 Å². The van der Waals surface area contributed by atoms with Crippen LogP contribution in [0.2, 0.25) is 0 Å². The molecule has 11 heteroatoms. The molecule has 220 valence electrons. The third-order valence-corrected chi connectivity index (χ3v) is 9.99. The van der Waals surface area contributed by atoms with Crippen molar-refractivity contribution in [1.29, 1.82) is 0 Å². The molecule has 1 aliphatic carbocycles. The van der Waals surface area contributed by atoms with E-state index < -0.39 is 27.5 Å². The van der Waals surface area contributed by atoms with Crippen LogP contribution in [0, 0.1) is 11.8 Å². The normalized spacial score (nSPS) is 26.8. The van der Waals surface area contributed by atoms with Gasteiger partial charge in [-0.15, -0.1) is 0 Å². The second-order valence-corrected chi connectivity index (χ2v) is 12.9. The first-order valence-electron chi connectivity index (χ1n) is 14.2. The van der Waals surface area contributed by atoms with Gasteiger partial charge in [0.05, 0.1) is 15.4 Å². The van der Waals surface area contributed by atoms with E-state index in [0.29, 0.717) is 31.6 Å². The summed E-state index contributed by atoms with van der Waals surface area (Å²) >= 11 is 0. The van der Waals surface area contributed by atoms with Crippen molar-refractivity contribution in [3.63, 3.8) is 0 Å². The molecule has 5 aliphatic heterocycles. The molecule has 6 aliphatic rings. The Morgan fingerprint density at radius 1 is 0.907 bits per heavy atom. The number of rotatable bonds is 3. The molecule has 1 saturated heterocycles. The van der Waals surface area contributed by atoms with E-state index in [1.165, 1.54) is 0 Å². The van der Waals surface area contributed by atoms with Crippen LogP contribution in [-0.2, 0) is 21.3 Å². The average molecular weight is 612 g/mol. The van der Waals surface area contributed by atoms with Crippen molar-refractivity contribution >= 4 is 16.1 Å². The molecule has 0 unspecified atom stereocenters. The Balaban J connectivity index is 0.00000368. The number of hydrogen-bond acceptors (Lipinski definition) is 7. The fraction of sp³-hybridized carbons (Fsp3) is 0.344. The zero-order chi connectivity index (χ0) is 29.4. The molecule has 0 aromatic heterocycles. The van der Waals surface area contributed by atoms with Crippen molar-refractivity contribution < 1.29 is 57.1 Å². The van der Waals surface area contributed by atoms with Crippen LogP contribution < -0.4 is 45.8 Å². The van der Waals surface area contributed by atoms with Crippen molar-refractivity contribution in [1.82, 2.24) is 0 Å². The molecular weight excluding hydrogens is 577 g/mol. The molecule has 3 aromatic rings. The number of nitrogens with zero attached hydrogens (tertiary/aromatic N) is 1. The van der Waals surface area contributed by atoms with E-state index in [-0.39, 0.29) is 65.6 Å². The van der Waals surface area contributed by atoms with Crippen molar-refractivity contribution in [3.05, 3.63) is 107 Å². The molecular formula is C32H34N3NaO6S. The number of aryl methyl sites for hydroxylation is 1. The van der Waals surface area contributed by atoms with Crippen LogP contribution in [-0.4, -0.2) is 35.9 Å². The van der Waals surface area contributed by atoms with Crippen LogP contribution in [0.4, 0.5) is 0 Å². The molecule has 0 radical (unpaired) electrons. The SMILES string of the molecule is NC(N)=N[C@@H]1Oc2ccc(cc2)CC[C@@H](S(=O)(=O)[O-])[C@@H]2C=C3C[C@@H](CCO[C@H]3c3ccc(O)cc3)[C@H]2c2ccc1cc2.[Na+]. The molecule has 0 spiro atoms. The zero-order valence-electron chi connectivity index (χ0n) is 24.0. The molecule has 43 heavy (non-hydrogen) atoms. The largest absolute Gasteiger partial charge is 1.00 e. The van der Waals surface area contributed by atoms with E-state index in [1.807, 2.05) is 54.6 Å². The molecule has 6 atom stereocenters. The zero-order valence-corrected chi connectivity index (χ0v) is 26.8. The molecule has 6 bridgehead atoms. The number of ether oxygens (including phenoxy) is 2. The van der Waals surface area contributed by atoms with Crippen LogP contribution >= 0.6 is 0 Å². The van der Waals surface area contributed by atoms with E-state index in [2.05, 4.69) is 4.99 Å². The maximum Gasteiger partial charge on any atom is 1.00 e. The number of hydrogen-bond donors (Lipinski definition) is 3. The minimum absolute atomic E-state index is 0. The van der Waals surface area contributed by atoms with Gasteiger partial charge in [0.1, 0.15) is 17.6 Å². The van der Waals surface area contributed by atoms with Crippen molar-refractivity contribution in [2.45, 2.75) is 49.2 Å². The third kappa shape index (κ3) is 6.95. The minimum atomic E-state index is -4.67. The van der Waals surface area contributed by atoms with E-state index in [4.69, 9.17) is 20.9 Å². The van der Waals surface area contributed by atoms with Gasteiger partial charge in [-0.05, 0) is 90.0 Å². The smallest absolute Gasteiger partial charge is 0.748 e. The van der Waals surface area contributed by atoms with Gasteiger partial charge in [0.15, 0.2) is 5.96 Å². The molecule has 5 heterocycles. The summed E-state index contributed by atoms with van der Waals surface area (Å²) in [4.78, 5) is 4.29. The fourth-order valence-corrected chi connectivity index (χ4v) is 7.80. The summed E-state index contributed by atoms with van der Waals surface area (Å²) in [5.74, 6) is -0.0912. The minimum Gasteiger partial charge on any atom is -0.748 e. The first-order chi connectivity index (χ1) is 20.2. The summed E-state index contributed by atoms with van der Waals surface area (Å²) in [5, 5.41) is 8.69. The third-order valence-electron chi connectivity index (χ3n) is 8.69. The van der Waals surface area contributed by atoms with Crippen molar-refractivity contribution in [3.8, 4) is 11.5 Å².